The molecule has 0 fully saturated rings. The van der Waals surface area contributed by atoms with E-state index in [9.17, 15) is 13.6 Å². The summed E-state index contributed by atoms with van der Waals surface area (Å²) in [5.74, 6) is -1.42. The molecule has 0 unspecified atom stereocenters. The average Bonchev–Trinajstić information content (AvgIpc) is 3.14. The Morgan fingerprint density at radius 3 is 2.62 bits per heavy atom. The molecule has 1 aliphatic heterocycles. The Bertz CT molecular complexity index is 1120. The van der Waals surface area contributed by atoms with Crippen molar-refractivity contribution in [2.45, 2.75) is 32.9 Å². The standard InChI is InChI=1S/C21H21F2N5O/c1-12-19(25-26-28(12)18-7-5-15(22)9-17(18)23)13-4-6-16-14(8-13)10-27(20(16)29)11-21(2,3)24/h4-9H,10-11,24H2,1-3H3. The van der Waals surface area contributed by atoms with Gasteiger partial charge in [0.25, 0.3) is 5.91 Å². The Kier molecular flexibility index (Phi) is 4.46. The molecule has 0 saturated carbocycles. The number of rotatable bonds is 4. The largest absolute Gasteiger partial charge is 0.332 e. The van der Waals surface area contributed by atoms with Gasteiger partial charge in [0.2, 0.25) is 0 Å². The lowest BCUT2D eigenvalue weighted by Crippen LogP contribution is -2.45. The second-order valence-corrected chi connectivity index (χ2v) is 8.05. The molecule has 2 N–H and O–H groups in total. The number of nitrogens with two attached hydrogens (primary N) is 1. The minimum atomic E-state index is -0.718. The van der Waals surface area contributed by atoms with Crippen LogP contribution < -0.4 is 5.73 Å². The summed E-state index contributed by atoms with van der Waals surface area (Å²) in [5.41, 5.74) is 9.19. The van der Waals surface area contributed by atoms with Crippen LogP contribution in [-0.2, 0) is 6.54 Å². The van der Waals surface area contributed by atoms with E-state index in [2.05, 4.69) is 10.3 Å². The van der Waals surface area contributed by atoms with Crippen molar-refractivity contribution in [1.82, 2.24) is 19.9 Å². The van der Waals surface area contributed by atoms with E-state index in [1.54, 1.807) is 24.0 Å². The fraction of sp³-hybridized carbons (Fsp3) is 0.286. The first-order valence-corrected chi connectivity index (χ1v) is 9.23. The number of nitrogens with zero attached hydrogens (tertiary/aromatic N) is 4. The van der Waals surface area contributed by atoms with E-state index in [-0.39, 0.29) is 11.6 Å². The predicted molar refractivity (Wildman–Crippen MR) is 104 cm³/mol. The lowest BCUT2D eigenvalue weighted by Gasteiger charge is -2.26. The lowest BCUT2D eigenvalue weighted by molar-refractivity contribution is 0.0748. The van der Waals surface area contributed by atoms with Gasteiger partial charge < -0.3 is 10.6 Å². The predicted octanol–water partition coefficient (Wildman–Crippen LogP) is 3.21. The summed E-state index contributed by atoms with van der Waals surface area (Å²) >= 11 is 0. The number of aromatic nitrogens is 3. The van der Waals surface area contributed by atoms with Gasteiger partial charge in [-0.3, -0.25) is 4.79 Å². The third kappa shape index (κ3) is 3.51. The second-order valence-electron chi connectivity index (χ2n) is 8.05. The number of carbonyl (C=O) groups is 1. The van der Waals surface area contributed by atoms with Crippen LogP contribution in [0.3, 0.4) is 0 Å². The first-order valence-electron chi connectivity index (χ1n) is 9.23. The minimum Gasteiger partial charge on any atom is -0.332 e. The number of amides is 1. The van der Waals surface area contributed by atoms with Crippen LogP contribution in [0.1, 0.15) is 35.5 Å². The van der Waals surface area contributed by atoms with Crippen LogP contribution >= 0.6 is 0 Å². The molecule has 2 aromatic carbocycles. The van der Waals surface area contributed by atoms with Crippen molar-refractivity contribution in [3.8, 4) is 16.9 Å². The van der Waals surface area contributed by atoms with Gasteiger partial charge in [0, 0.05) is 35.8 Å². The first kappa shape index (κ1) is 19.2. The maximum Gasteiger partial charge on any atom is 0.254 e. The second kappa shape index (κ2) is 6.73. The van der Waals surface area contributed by atoms with Gasteiger partial charge in [-0.05, 0) is 50.6 Å². The summed E-state index contributed by atoms with van der Waals surface area (Å²) in [6.07, 6.45) is 0. The van der Waals surface area contributed by atoms with Crippen molar-refractivity contribution in [2.24, 2.45) is 5.73 Å². The van der Waals surface area contributed by atoms with Gasteiger partial charge in [-0.1, -0.05) is 11.3 Å². The Morgan fingerprint density at radius 2 is 1.93 bits per heavy atom. The minimum absolute atomic E-state index is 0.0427. The molecule has 29 heavy (non-hydrogen) atoms. The molecule has 1 amide bonds. The summed E-state index contributed by atoms with van der Waals surface area (Å²) in [4.78, 5) is 14.3. The number of halogens is 2. The maximum absolute atomic E-state index is 14.1. The summed E-state index contributed by atoms with van der Waals surface area (Å²) in [5, 5.41) is 8.22. The number of hydrogen-bond donors (Lipinski definition) is 1. The monoisotopic (exact) mass is 397 g/mol. The fourth-order valence-corrected chi connectivity index (χ4v) is 3.63. The molecule has 3 aromatic rings. The molecule has 1 aliphatic rings. The highest BCUT2D eigenvalue weighted by Crippen LogP contribution is 2.30. The number of carbonyl (C=O) groups excluding carboxylic acids is 1. The first-order chi connectivity index (χ1) is 13.6. The van der Waals surface area contributed by atoms with Crippen molar-refractivity contribution in [1.29, 1.82) is 0 Å². The molecule has 0 saturated heterocycles. The highest BCUT2D eigenvalue weighted by molar-refractivity contribution is 5.99. The summed E-state index contributed by atoms with van der Waals surface area (Å²) in [6.45, 7) is 6.45. The van der Waals surface area contributed by atoms with Crippen LogP contribution in [0.25, 0.3) is 16.9 Å². The zero-order valence-electron chi connectivity index (χ0n) is 16.4. The number of hydrogen-bond acceptors (Lipinski definition) is 4. The van der Waals surface area contributed by atoms with Gasteiger partial charge in [-0.2, -0.15) is 0 Å². The molecule has 0 aliphatic carbocycles. The van der Waals surface area contributed by atoms with Crippen LogP contribution in [0.15, 0.2) is 36.4 Å². The Morgan fingerprint density at radius 1 is 1.17 bits per heavy atom. The molecule has 4 rings (SSSR count). The van der Waals surface area contributed by atoms with Crippen LogP contribution in [0.4, 0.5) is 8.78 Å². The molecule has 0 radical (unpaired) electrons. The number of fused-ring (bicyclic) bond motifs is 1. The highest BCUT2D eigenvalue weighted by Gasteiger charge is 2.31. The zero-order valence-corrected chi connectivity index (χ0v) is 16.4. The summed E-state index contributed by atoms with van der Waals surface area (Å²) < 4.78 is 28.7. The quantitative estimate of drug-likeness (QED) is 0.733. The maximum atomic E-state index is 14.1. The van der Waals surface area contributed by atoms with E-state index in [0.717, 1.165) is 17.2 Å². The molecule has 1 aromatic heterocycles. The van der Waals surface area contributed by atoms with E-state index in [4.69, 9.17) is 5.73 Å². The zero-order chi connectivity index (χ0) is 20.9. The van der Waals surface area contributed by atoms with Crippen molar-refractivity contribution in [3.05, 3.63) is 64.9 Å². The van der Waals surface area contributed by atoms with Gasteiger partial charge in [0.05, 0.1) is 5.69 Å². The Balaban J connectivity index is 1.68. The van der Waals surface area contributed by atoms with Crippen molar-refractivity contribution < 1.29 is 13.6 Å². The van der Waals surface area contributed by atoms with Gasteiger partial charge in [0.1, 0.15) is 17.2 Å². The molecular formula is C21H21F2N5O. The van der Waals surface area contributed by atoms with Gasteiger partial charge in [0.15, 0.2) is 5.82 Å². The molecule has 0 bridgehead atoms. The average molecular weight is 397 g/mol. The van der Waals surface area contributed by atoms with E-state index in [1.807, 2.05) is 19.9 Å². The third-order valence-electron chi connectivity index (χ3n) is 4.89. The molecule has 150 valence electrons. The smallest absolute Gasteiger partial charge is 0.254 e. The van der Waals surface area contributed by atoms with Crippen LogP contribution in [-0.4, -0.2) is 37.9 Å². The van der Waals surface area contributed by atoms with Crippen molar-refractivity contribution in [2.75, 3.05) is 6.54 Å². The Labute approximate surface area is 166 Å². The summed E-state index contributed by atoms with van der Waals surface area (Å²) in [6, 6.07) is 8.78. The molecule has 2 heterocycles. The van der Waals surface area contributed by atoms with E-state index >= 15 is 0 Å². The summed E-state index contributed by atoms with van der Waals surface area (Å²) in [7, 11) is 0. The highest BCUT2D eigenvalue weighted by atomic mass is 19.1. The van der Waals surface area contributed by atoms with E-state index in [0.29, 0.717) is 30.0 Å². The molecule has 0 atom stereocenters. The fourth-order valence-electron chi connectivity index (χ4n) is 3.63. The van der Waals surface area contributed by atoms with Crippen LogP contribution in [0.2, 0.25) is 0 Å². The molecule has 0 spiro atoms. The van der Waals surface area contributed by atoms with Crippen LogP contribution in [0.5, 0.6) is 0 Å². The van der Waals surface area contributed by atoms with Gasteiger partial charge >= 0.3 is 0 Å². The van der Waals surface area contributed by atoms with Gasteiger partial charge in [-0.15, -0.1) is 5.10 Å². The Hall–Kier alpha value is -3.13. The normalized spacial score (nSPS) is 13.9. The molecule has 8 heteroatoms. The number of benzene rings is 2. The van der Waals surface area contributed by atoms with Gasteiger partial charge in [-0.25, -0.2) is 13.5 Å². The van der Waals surface area contributed by atoms with Crippen molar-refractivity contribution >= 4 is 5.91 Å². The molecular weight excluding hydrogens is 376 g/mol. The van der Waals surface area contributed by atoms with E-state index in [1.165, 1.54) is 16.8 Å². The SMILES string of the molecule is Cc1c(-c2ccc3c(c2)CN(CC(C)(C)N)C3=O)nnn1-c1ccc(F)cc1F. The third-order valence-corrected chi connectivity index (χ3v) is 4.89. The molecule has 6 nitrogen and oxygen atoms in total. The topological polar surface area (TPSA) is 77.0 Å². The van der Waals surface area contributed by atoms with Crippen LogP contribution in [0, 0.1) is 18.6 Å². The van der Waals surface area contributed by atoms with E-state index < -0.39 is 17.2 Å². The van der Waals surface area contributed by atoms with Crippen molar-refractivity contribution in [3.63, 3.8) is 0 Å². The lowest BCUT2D eigenvalue weighted by atomic mass is 10.0.